The molecule has 2 N–H and O–H groups in total. The van der Waals surface area contributed by atoms with E-state index in [0.717, 1.165) is 40.9 Å². The highest BCUT2D eigenvalue weighted by Gasteiger charge is 2.24. The van der Waals surface area contributed by atoms with Crippen LogP contribution in [0.4, 0.5) is 0 Å². The maximum absolute atomic E-state index is 12.1. The topological polar surface area (TPSA) is 88.7 Å². The van der Waals surface area contributed by atoms with Crippen LogP contribution in [-0.2, 0) is 11.3 Å². The van der Waals surface area contributed by atoms with Crippen LogP contribution in [0.25, 0.3) is 22.3 Å². The number of amides is 1. The highest BCUT2D eigenvalue weighted by molar-refractivity contribution is 7.99. The van der Waals surface area contributed by atoms with Crippen molar-refractivity contribution < 1.29 is 9.21 Å². The maximum Gasteiger partial charge on any atom is 0.230 e. The molecular weight excluding hydrogens is 374 g/mol. The van der Waals surface area contributed by atoms with Crippen molar-refractivity contribution in [1.29, 1.82) is 0 Å². The van der Waals surface area contributed by atoms with E-state index in [1.807, 2.05) is 41.1 Å². The Balaban J connectivity index is 1.47. The van der Waals surface area contributed by atoms with E-state index in [0.29, 0.717) is 23.5 Å². The van der Waals surface area contributed by atoms with Gasteiger partial charge < -0.3 is 14.7 Å². The van der Waals surface area contributed by atoms with Crippen molar-refractivity contribution in [2.45, 2.75) is 30.6 Å². The van der Waals surface area contributed by atoms with Crippen molar-refractivity contribution in [1.82, 2.24) is 25.1 Å². The molecule has 0 radical (unpaired) electrons. The zero-order valence-corrected chi connectivity index (χ0v) is 15.9. The van der Waals surface area contributed by atoms with Crippen LogP contribution in [0.5, 0.6) is 0 Å². The molecule has 1 aliphatic rings. The second kappa shape index (κ2) is 7.20. The number of carbonyl (C=O) groups excluding carboxylic acids is 1. The Bertz CT molecular complexity index is 1110. The normalized spacial score (nSPS) is 13.9. The summed E-state index contributed by atoms with van der Waals surface area (Å²) in [6, 6.07) is 12.2. The number of hydrogen-bond donors (Lipinski definition) is 2. The van der Waals surface area contributed by atoms with E-state index in [1.54, 1.807) is 6.26 Å². The number of nitrogens with one attached hydrogen (secondary N) is 2. The number of fused-ring (bicyclic) bond motifs is 1. The van der Waals surface area contributed by atoms with Crippen LogP contribution in [0.1, 0.15) is 18.6 Å². The van der Waals surface area contributed by atoms with E-state index < -0.39 is 0 Å². The minimum atomic E-state index is 0.0358. The van der Waals surface area contributed by atoms with Gasteiger partial charge in [-0.25, -0.2) is 0 Å². The molecule has 4 aromatic rings. The molecule has 0 aliphatic heterocycles. The second-order valence-corrected chi connectivity index (χ2v) is 7.79. The third-order valence-corrected chi connectivity index (χ3v) is 5.68. The molecule has 0 unspecified atom stereocenters. The summed E-state index contributed by atoms with van der Waals surface area (Å²) in [6.45, 7) is 0.501. The quantitative estimate of drug-likeness (QED) is 0.470. The summed E-state index contributed by atoms with van der Waals surface area (Å²) in [7, 11) is 0. The summed E-state index contributed by atoms with van der Waals surface area (Å²) in [5.74, 6) is 1.92. The van der Waals surface area contributed by atoms with Gasteiger partial charge in [0.05, 0.1) is 18.6 Å². The first-order valence-electron chi connectivity index (χ1n) is 9.22. The zero-order valence-electron chi connectivity index (χ0n) is 15.1. The van der Waals surface area contributed by atoms with Gasteiger partial charge in [0.2, 0.25) is 5.91 Å². The first-order chi connectivity index (χ1) is 13.8. The molecule has 1 aromatic carbocycles. The molecule has 5 rings (SSSR count). The van der Waals surface area contributed by atoms with Crippen LogP contribution >= 0.6 is 11.8 Å². The number of thioether (sulfide) groups is 1. The molecule has 0 bridgehead atoms. The van der Waals surface area contributed by atoms with Gasteiger partial charge in [-0.2, -0.15) is 0 Å². The molecule has 1 saturated carbocycles. The number of aromatic amines is 1. The van der Waals surface area contributed by atoms with E-state index in [2.05, 4.69) is 26.6 Å². The molecule has 1 aliphatic carbocycles. The van der Waals surface area contributed by atoms with Crippen molar-refractivity contribution in [3.8, 4) is 11.4 Å². The molecule has 7 nitrogen and oxygen atoms in total. The number of benzene rings is 1. The zero-order chi connectivity index (χ0) is 18.9. The number of para-hydroxylation sites is 1. The van der Waals surface area contributed by atoms with E-state index in [1.165, 1.54) is 11.8 Å². The van der Waals surface area contributed by atoms with Crippen LogP contribution in [0, 0.1) is 0 Å². The number of carbonyl (C=O) groups is 1. The number of nitrogens with zero attached hydrogens (tertiary/aromatic N) is 3. The first kappa shape index (κ1) is 17.1. The van der Waals surface area contributed by atoms with Crippen molar-refractivity contribution in [2.24, 2.45) is 0 Å². The predicted octanol–water partition coefficient (Wildman–Crippen LogP) is 3.44. The Morgan fingerprint density at radius 1 is 1.25 bits per heavy atom. The summed E-state index contributed by atoms with van der Waals surface area (Å²) in [6.07, 6.45) is 5.76. The van der Waals surface area contributed by atoms with Crippen molar-refractivity contribution >= 4 is 28.6 Å². The van der Waals surface area contributed by atoms with Crippen molar-refractivity contribution in [3.63, 3.8) is 0 Å². The Hall–Kier alpha value is -3.00. The SMILES string of the molecule is O=C(CSc1nnc(-c2c[nH]c3ccccc23)n1Cc1ccco1)NC1CC1. The Morgan fingerprint density at radius 2 is 2.14 bits per heavy atom. The lowest BCUT2D eigenvalue weighted by molar-refractivity contribution is -0.118. The lowest BCUT2D eigenvalue weighted by Gasteiger charge is -2.08. The van der Waals surface area contributed by atoms with Crippen LogP contribution in [-0.4, -0.2) is 37.5 Å². The number of hydrogen-bond acceptors (Lipinski definition) is 5. The largest absolute Gasteiger partial charge is 0.467 e. The smallest absolute Gasteiger partial charge is 0.230 e. The number of aromatic nitrogens is 4. The Morgan fingerprint density at radius 3 is 2.96 bits per heavy atom. The molecule has 3 heterocycles. The average molecular weight is 393 g/mol. The van der Waals surface area contributed by atoms with Gasteiger partial charge >= 0.3 is 0 Å². The summed E-state index contributed by atoms with van der Waals surface area (Å²) in [4.78, 5) is 15.4. The standard InChI is InChI=1S/C20H19N5O2S/c26-18(22-13-7-8-13)12-28-20-24-23-19(25(20)11-14-4-3-9-27-14)16-10-21-17-6-2-1-5-15(16)17/h1-6,9-10,13,21H,7-8,11-12H2,(H,22,26). The van der Waals surface area contributed by atoms with Gasteiger partial charge in [-0.15, -0.1) is 10.2 Å². The van der Waals surface area contributed by atoms with Gasteiger partial charge in [-0.3, -0.25) is 9.36 Å². The second-order valence-electron chi connectivity index (χ2n) is 6.85. The van der Waals surface area contributed by atoms with E-state index in [4.69, 9.17) is 4.42 Å². The van der Waals surface area contributed by atoms with Gasteiger partial charge in [0.1, 0.15) is 5.76 Å². The van der Waals surface area contributed by atoms with Gasteiger partial charge in [0.15, 0.2) is 11.0 Å². The summed E-state index contributed by atoms with van der Waals surface area (Å²) in [5, 5.41) is 13.6. The third kappa shape index (κ3) is 3.43. The van der Waals surface area contributed by atoms with Gasteiger partial charge in [-0.1, -0.05) is 30.0 Å². The molecule has 0 atom stereocenters. The number of H-pyrrole nitrogens is 1. The molecule has 0 saturated heterocycles. The molecule has 3 aromatic heterocycles. The lowest BCUT2D eigenvalue weighted by Crippen LogP contribution is -2.27. The fraction of sp³-hybridized carbons (Fsp3) is 0.250. The lowest BCUT2D eigenvalue weighted by atomic mass is 10.1. The molecule has 1 amide bonds. The summed E-state index contributed by atoms with van der Waals surface area (Å²) < 4.78 is 7.54. The van der Waals surface area contributed by atoms with Crippen molar-refractivity contribution in [3.05, 3.63) is 54.6 Å². The monoisotopic (exact) mass is 393 g/mol. The predicted molar refractivity (Wildman–Crippen MR) is 107 cm³/mol. The van der Waals surface area contributed by atoms with Crippen LogP contribution in [0.15, 0.2) is 58.4 Å². The molecular formula is C20H19N5O2S. The first-order valence-corrected chi connectivity index (χ1v) is 10.2. The maximum atomic E-state index is 12.1. The van der Waals surface area contributed by atoms with E-state index >= 15 is 0 Å². The average Bonchev–Trinajstić information content (AvgIpc) is 3.11. The van der Waals surface area contributed by atoms with E-state index in [-0.39, 0.29) is 5.91 Å². The molecule has 28 heavy (non-hydrogen) atoms. The minimum Gasteiger partial charge on any atom is -0.467 e. The van der Waals surface area contributed by atoms with Crippen LogP contribution < -0.4 is 5.32 Å². The third-order valence-electron chi connectivity index (χ3n) is 4.72. The fourth-order valence-electron chi connectivity index (χ4n) is 3.18. The summed E-state index contributed by atoms with van der Waals surface area (Å²) >= 11 is 1.40. The highest BCUT2D eigenvalue weighted by atomic mass is 32.2. The Labute approximate surface area is 165 Å². The number of rotatable bonds is 7. The molecule has 1 fully saturated rings. The van der Waals surface area contributed by atoms with E-state index in [9.17, 15) is 4.79 Å². The number of furan rings is 1. The van der Waals surface area contributed by atoms with Crippen LogP contribution in [0.3, 0.4) is 0 Å². The van der Waals surface area contributed by atoms with Crippen LogP contribution in [0.2, 0.25) is 0 Å². The highest BCUT2D eigenvalue weighted by Crippen LogP contribution is 2.30. The molecule has 142 valence electrons. The summed E-state index contributed by atoms with van der Waals surface area (Å²) in [5.41, 5.74) is 2.02. The minimum absolute atomic E-state index is 0.0358. The Kier molecular flexibility index (Phi) is 4.40. The molecule has 0 spiro atoms. The fourth-order valence-corrected chi connectivity index (χ4v) is 3.93. The van der Waals surface area contributed by atoms with Crippen molar-refractivity contribution in [2.75, 3.05) is 5.75 Å². The molecule has 8 heteroatoms. The van der Waals surface area contributed by atoms with Gasteiger partial charge in [0, 0.05) is 28.7 Å². The van der Waals surface area contributed by atoms with Gasteiger partial charge in [0.25, 0.3) is 0 Å². The van der Waals surface area contributed by atoms with Gasteiger partial charge in [-0.05, 0) is 31.0 Å².